The summed E-state index contributed by atoms with van der Waals surface area (Å²) in [5.41, 5.74) is 8.39. The molecule has 0 spiro atoms. The number of allylic oxidation sites excluding steroid dienone is 1. The van der Waals surface area contributed by atoms with Gasteiger partial charge in [-0.1, -0.05) is 0 Å². The fourth-order valence-electron chi connectivity index (χ4n) is 3.86. The topological polar surface area (TPSA) is 115 Å². The number of nitrogens with one attached hydrogen (secondary N) is 1. The fourth-order valence-corrected chi connectivity index (χ4v) is 3.86. The number of rotatable bonds is 8. The summed E-state index contributed by atoms with van der Waals surface area (Å²) in [5.74, 6) is 0.930. The lowest BCUT2D eigenvalue weighted by atomic mass is 10.0. The Kier molecular flexibility index (Phi) is 5.75. The highest BCUT2D eigenvalue weighted by Crippen LogP contribution is 2.41. The second kappa shape index (κ2) is 8.34. The van der Waals surface area contributed by atoms with Crippen LogP contribution in [0.15, 0.2) is 29.7 Å². The largest absolute Gasteiger partial charge is 0.488 e. The van der Waals surface area contributed by atoms with Crippen LogP contribution in [-0.4, -0.2) is 51.6 Å². The van der Waals surface area contributed by atoms with Crippen LogP contribution in [0.5, 0.6) is 5.75 Å². The third-order valence-corrected chi connectivity index (χ3v) is 5.78. The minimum absolute atomic E-state index is 0.0683. The van der Waals surface area contributed by atoms with E-state index in [0.717, 1.165) is 40.8 Å². The van der Waals surface area contributed by atoms with Crippen LogP contribution in [0.3, 0.4) is 0 Å². The quantitative estimate of drug-likeness (QED) is 0.562. The first-order valence-electron chi connectivity index (χ1n) is 10.8. The lowest BCUT2D eigenvalue weighted by Gasteiger charge is -2.21. The molecule has 1 aliphatic heterocycles. The average Bonchev–Trinajstić information content (AvgIpc) is 3.30. The van der Waals surface area contributed by atoms with Crippen molar-refractivity contribution >= 4 is 28.7 Å². The fraction of sp³-hybridized carbons (Fsp3) is 0.522. The first kappa shape index (κ1) is 21.4. The van der Waals surface area contributed by atoms with Crippen molar-refractivity contribution in [2.45, 2.75) is 57.8 Å². The molecule has 8 nitrogen and oxygen atoms in total. The Balaban J connectivity index is 1.68. The molecule has 1 saturated heterocycles. The summed E-state index contributed by atoms with van der Waals surface area (Å²) in [6, 6.07) is 4.42. The van der Waals surface area contributed by atoms with Gasteiger partial charge in [-0.05, 0) is 51.3 Å². The molecule has 1 aromatic heterocycles. The maximum atomic E-state index is 11.7. The summed E-state index contributed by atoms with van der Waals surface area (Å²) in [4.78, 5) is 20.6. The number of hydrogen-bond acceptors (Lipinski definition) is 6. The highest BCUT2D eigenvalue weighted by atomic mass is 16.5. The van der Waals surface area contributed by atoms with Crippen LogP contribution in [0.1, 0.15) is 51.6 Å². The number of nitrogens with zero attached hydrogens (tertiary/aromatic N) is 3. The van der Waals surface area contributed by atoms with Gasteiger partial charge in [-0.25, -0.2) is 4.98 Å². The molecule has 4 rings (SSSR count). The number of aliphatic imine (C=N–C) groups is 1. The lowest BCUT2D eigenvalue weighted by molar-refractivity contribution is -0.119. The summed E-state index contributed by atoms with van der Waals surface area (Å²) in [6.07, 6.45) is 7.67. The molecule has 0 radical (unpaired) electrons. The van der Waals surface area contributed by atoms with Crippen LogP contribution in [0.25, 0.3) is 16.6 Å². The second-order valence-electron chi connectivity index (χ2n) is 9.22. The zero-order valence-corrected chi connectivity index (χ0v) is 18.3. The molecule has 8 heteroatoms. The van der Waals surface area contributed by atoms with Crippen LogP contribution < -0.4 is 15.8 Å². The van der Waals surface area contributed by atoms with E-state index in [1.54, 1.807) is 20.1 Å². The lowest BCUT2D eigenvalue weighted by Crippen LogP contribution is -2.26. The third kappa shape index (κ3) is 4.90. The summed E-state index contributed by atoms with van der Waals surface area (Å²) < 4.78 is 8.61. The molecule has 2 aromatic rings. The maximum Gasteiger partial charge on any atom is 0.220 e. The van der Waals surface area contributed by atoms with E-state index in [1.807, 2.05) is 25.4 Å². The van der Waals surface area contributed by atoms with Gasteiger partial charge in [0.2, 0.25) is 5.91 Å². The number of nitrogens with two attached hydrogens (primary N) is 1. The van der Waals surface area contributed by atoms with Gasteiger partial charge in [0, 0.05) is 42.9 Å². The highest BCUT2D eigenvalue weighted by molar-refractivity contribution is 6.10. The van der Waals surface area contributed by atoms with E-state index in [2.05, 4.69) is 19.9 Å². The van der Waals surface area contributed by atoms with Crippen LogP contribution in [0.4, 0.5) is 0 Å². The molecule has 166 valence electrons. The van der Waals surface area contributed by atoms with Gasteiger partial charge in [0.05, 0.1) is 24.0 Å². The number of benzene rings is 1. The minimum atomic E-state index is -0.889. The molecule has 2 atom stereocenters. The zero-order valence-electron chi connectivity index (χ0n) is 18.3. The van der Waals surface area contributed by atoms with E-state index in [0.29, 0.717) is 19.0 Å². The predicted molar refractivity (Wildman–Crippen MR) is 121 cm³/mol. The Morgan fingerprint density at radius 2 is 2.26 bits per heavy atom. The van der Waals surface area contributed by atoms with Gasteiger partial charge in [0.1, 0.15) is 17.4 Å². The smallest absolute Gasteiger partial charge is 0.220 e. The Hall–Kier alpha value is -2.87. The van der Waals surface area contributed by atoms with Gasteiger partial charge >= 0.3 is 0 Å². The number of imidazole rings is 1. The minimum Gasteiger partial charge on any atom is -0.488 e. The molecule has 1 saturated carbocycles. The number of carbonyl (C=O) groups is 1. The Labute approximate surface area is 182 Å². The number of carbonyl (C=O) groups excluding carboxylic acids is 1. The van der Waals surface area contributed by atoms with Crippen LogP contribution >= 0.6 is 0 Å². The van der Waals surface area contributed by atoms with Crippen molar-refractivity contribution in [2.75, 3.05) is 13.1 Å². The molecule has 2 fully saturated rings. The summed E-state index contributed by atoms with van der Waals surface area (Å²) >= 11 is 0. The van der Waals surface area contributed by atoms with Crippen LogP contribution in [0.2, 0.25) is 0 Å². The molecule has 31 heavy (non-hydrogen) atoms. The molecule has 0 unspecified atom stereocenters. The first-order valence-corrected chi connectivity index (χ1v) is 10.8. The van der Waals surface area contributed by atoms with Crippen LogP contribution in [-0.2, 0) is 4.79 Å². The van der Waals surface area contributed by atoms with Gasteiger partial charge < -0.3 is 25.5 Å². The van der Waals surface area contributed by atoms with Gasteiger partial charge in [-0.15, -0.1) is 0 Å². The van der Waals surface area contributed by atoms with Gasteiger partial charge in [-0.2, -0.15) is 0 Å². The van der Waals surface area contributed by atoms with E-state index in [1.165, 1.54) is 6.20 Å². The number of fused-ring (bicyclic) bond motifs is 1. The van der Waals surface area contributed by atoms with Gasteiger partial charge in [0.15, 0.2) is 0 Å². The monoisotopic (exact) mass is 425 g/mol. The van der Waals surface area contributed by atoms with E-state index in [4.69, 9.17) is 10.5 Å². The van der Waals surface area contributed by atoms with E-state index >= 15 is 0 Å². The summed E-state index contributed by atoms with van der Waals surface area (Å²) in [7, 11) is 0. The molecule has 2 aliphatic rings. The molecule has 1 amide bonds. The number of aliphatic hydroxyl groups is 1. The van der Waals surface area contributed by atoms with E-state index < -0.39 is 5.60 Å². The third-order valence-electron chi connectivity index (χ3n) is 5.78. The van der Waals surface area contributed by atoms with Crippen molar-refractivity contribution in [1.82, 2.24) is 14.9 Å². The molecular weight excluding hydrogens is 394 g/mol. The number of hydrogen-bond donors (Lipinski definition) is 3. The Morgan fingerprint density at radius 1 is 1.48 bits per heavy atom. The van der Waals surface area contributed by atoms with Crippen molar-refractivity contribution < 1.29 is 14.6 Å². The van der Waals surface area contributed by atoms with Gasteiger partial charge in [-0.3, -0.25) is 9.79 Å². The number of aromatic nitrogens is 2. The molecule has 0 bridgehead atoms. The summed E-state index contributed by atoms with van der Waals surface area (Å²) in [6.45, 7) is 6.32. The van der Waals surface area contributed by atoms with Crippen molar-refractivity contribution in [2.24, 2.45) is 16.6 Å². The number of ether oxygens (including phenoxy) is 1. The first-order chi connectivity index (χ1) is 14.7. The maximum absolute atomic E-state index is 11.7. The number of amides is 1. The predicted octanol–water partition coefficient (Wildman–Crippen LogP) is 2.42. The van der Waals surface area contributed by atoms with Crippen molar-refractivity contribution in [3.05, 3.63) is 30.2 Å². The van der Waals surface area contributed by atoms with E-state index in [9.17, 15) is 9.90 Å². The average molecular weight is 426 g/mol. The summed E-state index contributed by atoms with van der Waals surface area (Å²) in [5, 5.41) is 12.8. The molecule has 1 aromatic carbocycles. The van der Waals surface area contributed by atoms with E-state index in [-0.39, 0.29) is 24.5 Å². The Morgan fingerprint density at radius 3 is 2.87 bits per heavy atom. The Bertz CT molecular complexity index is 1030. The standard InChI is InChI=1S/C23H31N5O3/c1-14(16-8-21(29)26-11-16)31-20-7-15(17(9-24)10-25-12-23(2,3)30)6-19-22(20)28(13-27-19)18-4-5-18/h6-7,9-10,13-14,16,18,30H,4-5,8,11-12,24H2,1-3H3,(H,26,29)/t14-,16-/m1/s1. The highest BCUT2D eigenvalue weighted by Gasteiger charge is 2.30. The molecule has 2 heterocycles. The van der Waals surface area contributed by atoms with Gasteiger partial charge in [0.25, 0.3) is 0 Å². The molecular formula is C23H31N5O3. The second-order valence-corrected chi connectivity index (χ2v) is 9.22. The van der Waals surface area contributed by atoms with Crippen molar-refractivity contribution in [3.8, 4) is 5.75 Å². The molecule has 4 N–H and O–H groups in total. The zero-order chi connectivity index (χ0) is 22.2. The van der Waals surface area contributed by atoms with Crippen LogP contribution in [0, 0.1) is 5.92 Å². The SMILES string of the molecule is C[C@@H](Oc1cc(C(C=NCC(C)(C)O)=CN)cc2ncn(C3CC3)c12)[C@H]1CNC(=O)C1. The normalized spacial score (nSPS) is 21.1. The van der Waals surface area contributed by atoms with Crippen molar-refractivity contribution in [3.63, 3.8) is 0 Å². The molecule has 1 aliphatic carbocycles. The van der Waals surface area contributed by atoms with Crippen molar-refractivity contribution in [1.29, 1.82) is 0 Å².